The highest BCUT2D eigenvalue weighted by Gasteiger charge is 2.37. The minimum atomic E-state index is -0.665. The summed E-state index contributed by atoms with van der Waals surface area (Å²) in [6.45, 7) is 7.14. The second kappa shape index (κ2) is 5.94. The molecule has 7 nitrogen and oxygen atoms in total. The quantitative estimate of drug-likeness (QED) is 0.270. The Morgan fingerprint density at radius 2 is 1.73 bits per heavy atom. The zero-order valence-corrected chi connectivity index (χ0v) is 15.2. The van der Waals surface area contributed by atoms with Crippen LogP contribution < -0.4 is 0 Å². The molecule has 7 heteroatoms. The van der Waals surface area contributed by atoms with Crippen LogP contribution in [0, 0.1) is 17.0 Å². The number of aryl methyl sites for hydroxylation is 1. The summed E-state index contributed by atoms with van der Waals surface area (Å²) in [5, 5.41) is 11.8. The van der Waals surface area contributed by atoms with Crippen molar-refractivity contribution in [3.05, 3.63) is 56.3 Å². The Morgan fingerprint density at radius 3 is 2.31 bits per heavy atom. The van der Waals surface area contributed by atoms with E-state index in [1.165, 1.54) is 12.1 Å². The maximum atomic E-state index is 12.3. The fourth-order valence-electron chi connectivity index (χ4n) is 3.45. The average molecular weight is 354 g/mol. The molecule has 0 unspecified atom stereocenters. The summed E-state index contributed by atoms with van der Waals surface area (Å²) in [5.41, 5.74) is 4.15. The number of non-ortho nitro benzene ring substituents is 1. The van der Waals surface area contributed by atoms with Gasteiger partial charge in [-0.2, -0.15) is 0 Å². The predicted molar refractivity (Wildman–Crippen MR) is 96.4 cm³/mol. The molecule has 0 atom stereocenters. The number of cyclic esters (lactones) is 2. The summed E-state index contributed by atoms with van der Waals surface area (Å²) < 4.78 is 6.65. The smallest absolute Gasteiger partial charge is 0.347 e. The Morgan fingerprint density at radius 1 is 1.12 bits per heavy atom. The molecule has 1 aliphatic rings. The number of hydrogen-bond acceptors (Lipinski definition) is 5. The summed E-state index contributed by atoms with van der Waals surface area (Å²) in [4.78, 5) is 34.9. The Labute approximate surface area is 149 Å². The SMILES string of the molecule is CC(C)=C1C(=O)OC(=O)/C1=C(/C)c1c(C)n(C)c2cc([N+](=O)[O-])ccc12. The van der Waals surface area contributed by atoms with Gasteiger partial charge in [-0.25, -0.2) is 9.59 Å². The number of benzene rings is 1. The molecule has 0 N–H and O–H groups in total. The number of carbonyl (C=O) groups excluding carboxylic acids is 2. The van der Waals surface area contributed by atoms with Gasteiger partial charge in [0.25, 0.3) is 5.69 Å². The third kappa shape index (κ3) is 2.44. The fraction of sp³-hybridized carbons (Fsp3) is 0.263. The van der Waals surface area contributed by atoms with Gasteiger partial charge in [0, 0.05) is 35.8 Å². The maximum absolute atomic E-state index is 12.3. The highest BCUT2D eigenvalue weighted by molar-refractivity contribution is 6.22. The van der Waals surface area contributed by atoms with Crippen molar-refractivity contribution in [3.8, 4) is 0 Å². The largest absolute Gasteiger partial charge is 0.386 e. The number of allylic oxidation sites excluding steroid dienone is 2. The van der Waals surface area contributed by atoms with Crippen molar-refractivity contribution in [2.75, 3.05) is 0 Å². The number of hydrogen-bond donors (Lipinski definition) is 0. The lowest BCUT2D eigenvalue weighted by atomic mass is 9.93. The van der Waals surface area contributed by atoms with Gasteiger partial charge >= 0.3 is 11.9 Å². The van der Waals surface area contributed by atoms with E-state index in [0.717, 1.165) is 16.6 Å². The highest BCUT2D eigenvalue weighted by Crippen LogP contribution is 2.38. The van der Waals surface area contributed by atoms with Crippen LogP contribution in [0.2, 0.25) is 0 Å². The number of nitro groups is 1. The average Bonchev–Trinajstić information content (AvgIpc) is 3.00. The lowest BCUT2D eigenvalue weighted by Crippen LogP contribution is -2.01. The molecule has 1 saturated heterocycles. The lowest BCUT2D eigenvalue weighted by Gasteiger charge is -2.07. The van der Waals surface area contributed by atoms with Gasteiger partial charge in [-0.05, 0) is 39.3 Å². The number of rotatable bonds is 2. The van der Waals surface area contributed by atoms with E-state index in [1.54, 1.807) is 26.8 Å². The van der Waals surface area contributed by atoms with E-state index in [-0.39, 0.29) is 16.8 Å². The van der Waals surface area contributed by atoms with Crippen LogP contribution >= 0.6 is 0 Å². The van der Waals surface area contributed by atoms with Crippen LogP contribution in [0.3, 0.4) is 0 Å². The molecule has 1 aromatic heterocycles. The lowest BCUT2D eigenvalue weighted by molar-refractivity contribution is -0.384. The van der Waals surface area contributed by atoms with Crippen LogP contribution in [-0.4, -0.2) is 21.4 Å². The van der Waals surface area contributed by atoms with Gasteiger partial charge in [0.15, 0.2) is 0 Å². The molecule has 1 aliphatic heterocycles. The number of carbonyl (C=O) groups is 2. The Kier molecular flexibility index (Phi) is 4.02. The molecule has 0 amide bonds. The van der Waals surface area contributed by atoms with Crippen LogP contribution in [0.5, 0.6) is 0 Å². The van der Waals surface area contributed by atoms with Crippen LogP contribution in [0.15, 0.2) is 34.9 Å². The van der Waals surface area contributed by atoms with E-state index in [9.17, 15) is 19.7 Å². The number of nitro benzene ring substituents is 1. The topological polar surface area (TPSA) is 91.4 Å². The monoisotopic (exact) mass is 354 g/mol. The van der Waals surface area contributed by atoms with Crippen LogP contribution in [0.4, 0.5) is 5.69 Å². The van der Waals surface area contributed by atoms with Crippen molar-refractivity contribution < 1.29 is 19.2 Å². The minimum absolute atomic E-state index is 0.00426. The number of fused-ring (bicyclic) bond motifs is 1. The zero-order chi connectivity index (χ0) is 19.3. The number of nitrogens with zero attached hydrogens (tertiary/aromatic N) is 2. The number of aromatic nitrogens is 1. The second-order valence-corrected chi connectivity index (χ2v) is 6.53. The van der Waals surface area contributed by atoms with Crippen molar-refractivity contribution in [2.45, 2.75) is 27.7 Å². The molecule has 0 aliphatic carbocycles. The van der Waals surface area contributed by atoms with Gasteiger partial charge < -0.3 is 9.30 Å². The summed E-state index contributed by atoms with van der Waals surface area (Å²) in [6.07, 6.45) is 0. The molecule has 1 aromatic carbocycles. The third-order valence-corrected chi connectivity index (χ3v) is 4.78. The Balaban J connectivity index is 2.37. The van der Waals surface area contributed by atoms with Gasteiger partial charge in [-0.3, -0.25) is 10.1 Å². The van der Waals surface area contributed by atoms with Crippen LogP contribution in [-0.2, 0) is 21.4 Å². The molecule has 0 bridgehead atoms. The summed E-state index contributed by atoms with van der Waals surface area (Å²) >= 11 is 0. The molecule has 1 fully saturated rings. The standard InChI is InChI=1S/C19H18N2O5/c1-9(2)15-17(19(23)26-18(15)22)10(3)16-11(4)20(5)14-8-12(21(24)25)6-7-13(14)16/h6-8H,1-5H3/b17-10-. The van der Waals surface area contributed by atoms with Crippen molar-refractivity contribution in [2.24, 2.45) is 7.05 Å². The molecule has 0 saturated carbocycles. The van der Waals surface area contributed by atoms with Crippen LogP contribution in [0.25, 0.3) is 16.5 Å². The summed E-state index contributed by atoms with van der Waals surface area (Å²) in [6, 6.07) is 4.61. The highest BCUT2D eigenvalue weighted by atomic mass is 16.6. The Hall–Kier alpha value is -3.22. The first kappa shape index (κ1) is 17.6. The molecule has 0 spiro atoms. The van der Waals surface area contributed by atoms with Gasteiger partial charge in [-0.1, -0.05) is 5.57 Å². The van der Waals surface area contributed by atoms with Crippen molar-refractivity contribution >= 4 is 34.1 Å². The summed E-state index contributed by atoms with van der Waals surface area (Å²) in [7, 11) is 1.81. The van der Waals surface area contributed by atoms with Crippen molar-refractivity contribution in [3.63, 3.8) is 0 Å². The number of esters is 2. The first-order valence-electron chi connectivity index (χ1n) is 8.04. The maximum Gasteiger partial charge on any atom is 0.347 e. The van der Waals surface area contributed by atoms with Gasteiger partial charge in [0.2, 0.25) is 0 Å². The fourth-order valence-corrected chi connectivity index (χ4v) is 3.45. The normalized spacial score (nSPS) is 16.3. The molecule has 26 heavy (non-hydrogen) atoms. The number of ether oxygens (including phenoxy) is 1. The van der Waals surface area contributed by atoms with E-state index >= 15 is 0 Å². The molecule has 2 aromatic rings. The molecule has 134 valence electrons. The summed E-state index contributed by atoms with van der Waals surface area (Å²) in [5.74, 6) is -1.31. The van der Waals surface area contributed by atoms with E-state index in [4.69, 9.17) is 4.74 Å². The first-order valence-corrected chi connectivity index (χ1v) is 8.04. The molecule has 2 heterocycles. The minimum Gasteiger partial charge on any atom is -0.386 e. The second-order valence-electron chi connectivity index (χ2n) is 6.53. The van der Waals surface area contributed by atoms with E-state index in [1.807, 2.05) is 18.5 Å². The van der Waals surface area contributed by atoms with E-state index in [2.05, 4.69) is 0 Å². The van der Waals surface area contributed by atoms with E-state index in [0.29, 0.717) is 16.7 Å². The van der Waals surface area contributed by atoms with Crippen molar-refractivity contribution in [1.82, 2.24) is 4.57 Å². The van der Waals surface area contributed by atoms with Gasteiger partial charge in [0.1, 0.15) is 0 Å². The predicted octanol–water partition coefficient (Wildman–Crippen LogP) is 3.59. The van der Waals surface area contributed by atoms with Gasteiger partial charge in [0.05, 0.1) is 21.6 Å². The van der Waals surface area contributed by atoms with E-state index < -0.39 is 16.9 Å². The van der Waals surface area contributed by atoms with Crippen molar-refractivity contribution in [1.29, 1.82) is 0 Å². The first-order chi connectivity index (χ1) is 12.1. The van der Waals surface area contributed by atoms with Crippen LogP contribution in [0.1, 0.15) is 32.0 Å². The zero-order valence-electron chi connectivity index (χ0n) is 15.2. The Bertz CT molecular complexity index is 1070. The molecular formula is C19H18N2O5. The molecule has 0 radical (unpaired) electrons. The third-order valence-electron chi connectivity index (χ3n) is 4.78. The van der Waals surface area contributed by atoms with Gasteiger partial charge in [-0.15, -0.1) is 0 Å². The molecule has 3 rings (SSSR count). The molecular weight excluding hydrogens is 336 g/mol.